The van der Waals surface area contributed by atoms with E-state index in [4.69, 9.17) is 11.6 Å². The molecule has 34 heavy (non-hydrogen) atoms. The highest BCUT2D eigenvalue weighted by atomic mass is 35.5. The van der Waals surface area contributed by atoms with Gasteiger partial charge >= 0.3 is 6.18 Å². The van der Waals surface area contributed by atoms with E-state index >= 15 is 0 Å². The summed E-state index contributed by atoms with van der Waals surface area (Å²) in [5.41, 5.74) is 0.483. The summed E-state index contributed by atoms with van der Waals surface area (Å²) in [6, 6.07) is 10.1. The van der Waals surface area contributed by atoms with E-state index < -0.39 is 39.9 Å². The largest absolute Gasteiger partial charge is 0.416 e. The van der Waals surface area contributed by atoms with Crippen molar-refractivity contribution in [3.8, 4) is 0 Å². The Hall–Kier alpha value is -2.30. The summed E-state index contributed by atoms with van der Waals surface area (Å²) in [6.45, 7) is 2.38. The lowest BCUT2D eigenvalue weighted by Crippen LogP contribution is -2.40. The van der Waals surface area contributed by atoms with Gasteiger partial charge in [0.25, 0.3) is 0 Å². The molecule has 1 N–H and O–H groups in total. The van der Waals surface area contributed by atoms with Crippen LogP contribution in [0.1, 0.15) is 36.0 Å². The molecule has 1 aliphatic heterocycles. The Bertz CT molecular complexity index is 1120. The van der Waals surface area contributed by atoms with Crippen molar-refractivity contribution in [3.63, 3.8) is 0 Å². The SMILES string of the molecule is CS(=O)(=O)N(CC(=O)NCc1cccc(CN2CCCCC2)c1)c1cc(C(F)(F)F)ccc1Cl. The Morgan fingerprint density at radius 3 is 2.41 bits per heavy atom. The molecule has 1 saturated heterocycles. The number of carbonyl (C=O) groups excluding carboxylic acids is 1. The van der Waals surface area contributed by atoms with Gasteiger partial charge in [-0.3, -0.25) is 14.0 Å². The van der Waals surface area contributed by atoms with E-state index in [1.165, 1.54) is 19.3 Å². The highest BCUT2D eigenvalue weighted by molar-refractivity contribution is 7.92. The fourth-order valence-electron chi connectivity index (χ4n) is 3.86. The predicted molar refractivity (Wildman–Crippen MR) is 126 cm³/mol. The van der Waals surface area contributed by atoms with E-state index in [-0.39, 0.29) is 11.6 Å². The van der Waals surface area contributed by atoms with Crippen molar-refractivity contribution in [2.24, 2.45) is 0 Å². The van der Waals surface area contributed by atoms with Gasteiger partial charge in [-0.25, -0.2) is 8.42 Å². The third kappa shape index (κ3) is 7.35. The summed E-state index contributed by atoms with van der Waals surface area (Å²) < 4.78 is 64.5. The number of nitrogens with one attached hydrogen (secondary N) is 1. The van der Waals surface area contributed by atoms with Gasteiger partial charge in [0, 0.05) is 13.1 Å². The molecule has 1 aliphatic rings. The monoisotopic (exact) mass is 517 g/mol. The third-order valence-electron chi connectivity index (χ3n) is 5.57. The van der Waals surface area contributed by atoms with Crippen LogP contribution in [-0.2, 0) is 34.1 Å². The molecule has 0 saturated carbocycles. The number of amides is 1. The first-order valence-electron chi connectivity index (χ1n) is 10.8. The molecule has 11 heteroatoms. The van der Waals surface area contributed by atoms with E-state index in [0.29, 0.717) is 10.4 Å². The van der Waals surface area contributed by atoms with Crippen molar-refractivity contribution in [2.45, 2.75) is 38.5 Å². The molecule has 1 fully saturated rings. The molecular weight excluding hydrogens is 491 g/mol. The maximum absolute atomic E-state index is 13.1. The molecule has 0 bridgehead atoms. The summed E-state index contributed by atoms with van der Waals surface area (Å²) in [5.74, 6) is -0.666. The van der Waals surface area contributed by atoms with Crippen LogP contribution in [-0.4, -0.2) is 45.1 Å². The van der Waals surface area contributed by atoms with Gasteiger partial charge in [-0.05, 0) is 55.3 Å². The summed E-state index contributed by atoms with van der Waals surface area (Å²) in [5, 5.41) is 2.43. The molecule has 2 aromatic carbocycles. The zero-order valence-corrected chi connectivity index (χ0v) is 20.3. The molecule has 3 rings (SSSR count). The molecule has 0 aliphatic carbocycles. The lowest BCUT2D eigenvalue weighted by atomic mass is 10.1. The van der Waals surface area contributed by atoms with Crippen LogP contribution >= 0.6 is 11.6 Å². The van der Waals surface area contributed by atoms with E-state index in [1.54, 1.807) is 0 Å². The maximum atomic E-state index is 13.1. The Morgan fingerprint density at radius 2 is 1.76 bits per heavy atom. The molecule has 1 heterocycles. The molecule has 1 amide bonds. The predicted octanol–water partition coefficient (Wildman–Crippen LogP) is 4.43. The Morgan fingerprint density at radius 1 is 1.09 bits per heavy atom. The van der Waals surface area contributed by atoms with Crippen LogP contribution in [0.4, 0.5) is 18.9 Å². The number of alkyl halides is 3. The zero-order chi connectivity index (χ0) is 24.9. The number of sulfonamides is 1. The van der Waals surface area contributed by atoms with Crippen LogP contribution in [0.5, 0.6) is 0 Å². The lowest BCUT2D eigenvalue weighted by molar-refractivity contribution is -0.137. The Kier molecular flexibility index (Phi) is 8.48. The van der Waals surface area contributed by atoms with Crippen molar-refractivity contribution in [2.75, 3.05) is 30.2 Å². The molecule has 0 radical (unpaired) electrons. The second-order valence-corrected chi connectivity index (χ2v) is 10.7. The third-order valence-corrected chi connectivity index (χ3v) is 7.01. The molecule has 186 valence electrons. The van der Waals surface area contributed by atoms with E-state index in [0.717, 1.165) is 49.1 Å². The average Bonchev–Trinajstić information content (AvgIpc) is 2.76. The number of nitrogens with zero attached hydrogens (tertiary/aromatic N) is 2. The van der Waals surface area contributed by atoms with Crippen molar-refractivity contribution < 1.29 is 26.4 Å². The number of carbonyl (C=O) groups is 1. The fraction of sp³-hybridized carbons (Fsp3) is 0.435. The average molecular weight is 518 g/mol. The highest BCUT2D eigenvalue weighted by Gasteiger charge is 2.33. The minimum absolute atomic E-state index is 0.153. The van der Waals surface area contributed by atoms with Crippen LogP contribution in [0.2, 0.25) is 5.02 Å². The normalized spacial score (nSPS) is 15.2. The standard InChI is InChI=1S/C23H27ClF3N3O3S/c1-34(32,33)30(21-13-19(23(25,26)27)8-9-20(21)24)16-22(31)28-14-17-6-5-7-18(12-17)15-29-10-3-2-4-11-29/h5-9,12-13H,2-4,10-11,14-16H2,1H3,(H,28,31). The minimum atomic E-state index is -4.69. The number of benzene rings is 2. The van der Waals surface area contributed by atoms with Gasteiger partial charge in [0.1, 0.15) is 6.54 Å². The van der Waals surface area contributed by atoms with Gasteiger partial charge in [-0.15, -0.1) is 0 Å². The summed E-state index contributed by atoms with van der Waals surface area (Å²) in [4.78, 5) is 14.9. The zero-order valence-electron chi connectivity index (χ0n) is 18.7. The first-order valence-corrected chi connectivity index (χ1v) is 13.1. The van der Waals surface area contributed by atoms with Crippen LogP contribution < -0.4 is 9.62 Å². The molecule has 0 aromatic heterocycles. The number of hydrogen-bond acceptors (Lipinski definition) is 4. The number of piperidine rings is 1. The van der Waals surface area contributed by atoms with Crippen molar-refractivity contribution >= 4 is 33.2 Å². The topological polar surface area (TPSA) is 69.7 Å². The first-order chi connectivity index (χ1) is 15.9. The summed E-state index contributed by atoms with van der Waals surface area (Å²) in [7, 11) is -4.09. The minimum Gasteiger partial charge on any atom is -0.350 e. The lowest BCUT2D eigenvalue weighted by Gasteiger charge is -2.26. The quantitative estimate of drug-likeness (QED) is 0.562. The van der Waals surface area contributed by atoms with Crippen molar-refractivity contribution in [3.05, 3.63) is 64.2 Å². The Labute approximate surface area is 202 Å². The van der Waals surface area contributed by atoms with Crippen LogP contribution in [0.25, 0.3) is 0 Å². The van der Waals surface area contributed by atoms with Crippen LogP contribution in [0.3, 0.4) is 0 Å². The second kappa shape index (κ2) is 11.0. The molecular formula is C23H27ClF3N3O3S. The molecule has 0 unspecified atom stereocenters. The Balaban J connectivity index is 1.68. The van der Waals surface area contributed by atoms with Gasteiger partial charge in [-0.1, -0.05) is 42.3 Å². The van der Waals surface area contributed by atoms with Gasteiger partial charge in [0.05, 0.1) is 22.5 Å². The smallest absolute Gasteiger partial charge is 0.350 e. The second-order valence-electron chi connectivity index (χ2n) is 8.37. The number of likely N-dealkylation sites (tertiary alicyclic amines) is 1. The van der Waals surface area contributed by atoms with Gasteiger partial charge in [0.2, 0.25) is 15.9 Å². The molecule has 0 spiro atoms. The van der Waals surface area contributed by atoms with E-state index in [2.05, 4.69) is 10.2 Å². The van der Waals surface area contributed by atoms with Gasteiger partial charge < -0.3 is 5.32 Å². The maximum Gasteiger partial charge on any atom is 0.416 e. The highest BCUT2D eigenvalue weighted by Crippen LogP contribution is 2.36. The van der Waals surface area contributed by atoms with E-state index in [9.17, 15) is 26.4 Å². The number of anilines is 1. The number of rotatable bonds is 8. The van der Waals surface area contributed by atoms with Gasteiger partial charge in [-0.2, -0.15) is 13.2 Å². The first kappa shape index (κ1) is 26.3. The van der Waals surface area contributed by atoms with Crippen molar-refractivity contribution in [1.29, 1.82) is 0 Å². The number of hydrogen-bond donors (Lipinski definition) is 1. The van der Waals surface area contributed by atoms with Crippen LogP contribution in [0.15, 0.2) is 42.5 Å². The van der Waals surface area contributed by atoms with Crippen molar-refractivity contribution in [1.82, 2.24) is 10.2 Å². The summed E-state index contributed by atoms with van der Waals surface area (Å²) in [6.07, 6.45) is -0.269. The molecule has 2 aromatic rings. The van der Waals surface area contributed by atoms with E-state index in [1.807, 2.05) is 24.3 Å². The van der Waals surface area contributed by atoms with Crippen LogP contribution in [0, 0.1) is 0 Å². The number of halogens is 4. The molecule has 0 atom stereocenters. The summed E-state index contributed by atoms with van der Waals surface area (Å²) >= 11 is 5.99. The molecule has 6 nitrogen and oxygen atoms in total. The van der Waals surface area contributed by atoms with Gasteiger partial charge in [0.15, 0.2) is 0 Å². The fourth-order valence-corrected chi connectivity index (χ4v) is 4.99.